The second kappa shape index (κ2) is 6.64. The van der Waals surface area contributed by atoms with Gasteiger partial charge in [0.1, 0.15) is 17.3 Å². The van der Waals surface area contributed by atoms with Crippen molar-refractivity contribution in [1.29, 1.82) is 0 Å². The van der Waals surface area contributed by atoms with Gasteiger partial charge in [-0.15, -0.1) is 0 Å². The minimum atomic E-state index is 0.415. The zero-order valence-electron chi connectivity index (χ0n) is 14.6. The van der Waals surface area contributed by atoms with Crippen LogP contribution in [-0.4, -0.2) is 38.3 Å². The summed E-state index contributed by atoms with van der Waals surface area (Å²) in [5.74, 6) is 0.823. The van der Waals surface area contributed by atoms with Gasteiger partial charge in [-0.2, -0.15) is 0 Å². The fourth-order valence-electron chi connectivity index (χ4n) is 3.22. The smallest absolute Gasteiger partial charge is 0.168 e. The maximum atomic E-state index is 5.42. The molecule has 1 aromatic carbocycles. The second-order valence-electron chi connectivity index (χ2n) is 6.15. The number of methoxy groups -OCH3 is 1. The zero-order chi connectivity index (χ0) is 18.2. The molecule has 7 nitrogen and oxygen atoms in total. The molecule has 0 fully saturated rings. The summed E-state index contributed by atoms with van der Waals surface area (Å²) in [6.45, 7) is 1.11. The summed E-state index contributed by atoms with van der Waals surface area (Å²) in [4.78, 5) is 21.0. The zero-order valence-corrected chi connectivity index (χ0v) is 15.4. The minimum Gasteiger partial charge on any atom is -0.364 e. The van der Waals surface area contributed by atoms with Crippen molar-refractivity contribution in [3.05, 3.63) is 60.8 Å². The van der Waals surface area contributed by atoms with E-state index in [0.29, 0.717) is 13.3 Å². The van der Waals surface area contributed by atoms with Gasteiger partial charge < -0.3 is 9.30 Å². The highest BCUT2D eigenvalue weighted by atomic mass is 32.2. The monoisotopic (exact) mass is 376 g/mol. The topological polar surface area (TPSA) is 69.0 Å². The Bertz CT molecular complexity index is 1130. The number of benzene rings is 1. The summed E-state index contributed by atoms with van der Waals surface area (Å²) in [5, 5.41) is 0.889. The number of anilines is 2. The van der Waals surface area contributed by atoms with E-state index in [1.54, 1.807) is 37.5 Å². The average Bonchev–Trinajstić information content (AvgIpc) is 3.11. The summed E-state index contributed by atoms with van der Waals surface area (Å²) in [6, 6.07) is 10.3. The first-order valence-corrected chi connectivity index (χ1v) is 9.29. The molecular formula is C19H16N6OS. The number of ether oxygens (including phenoxy) is 1. The molecule has 1 aliphatic heterocycles. The molecule has 0 bridgehead atoms. The molecule has 0 radical (unpaired) electrons. The molecule has 0 spiro atoms. The van der Waals surface area contributed by atoms with Gasteiger partial charge in [-0.25, -0.2) is 19.9 Å². The standard InChI is InChI=1S/C19H16N6OS/c1-26-12-25-15-9-13(10-24-11-23-14-3-2-6-20-17(14)24)4-5-16(15)27-19-18(25)21-7-8-22-19/h2-9,11H,10,12H2,1H3. The van der Waals surface area contributed by atoms with Crippen LogP contribution in [0.25, 0.3) is 11.2 Å². The molecule has 27 heavy (non-hydrogen) atoms. The normalized spacial score (nSPS) is 12.9. The average molecular weight is 376 g/mol. The largest absolute Gasteiger partial charge is 0.364 e. The van der Waals surface area contributed by atoms with Crippen molar-refractivity contribution in [3.63, 3.8) is 0 Å². The third-order valence-electron chi connectivity index (χ3n) is 4.41. The molecule has 3 aromatic heterocycles. The molecule has 0 saturated heterocycles. The number of nitrogens with zero attached hydrogens (tertiary/aromatic N) is 6. The summed E-state index contributed by atoms with van der Waals surface area (Å²) < 4.78 is 7.48. The summed E-state index contributed by atoms with van der Waals surface area (Å²) in [5.41, 5.74) is 4.02. The molecule has 1 aliphatic rings. The number of pyridine rings is 1. The van der Waals surface area contributed by atoms with Crippen LogP contribution in [0.4, 0.5) is 11.5 Å². The summed E-state index contributed by atoms with van der Waals surface area (Å²) in [6.07, 6.45) is 7.05. The molecule has 8 heteroatoms. The van der Waals surface area contributed by atoms with Crippen molar-refractivity contribution < 1.29 is 4.74 Å². The van der Waals surface area contributed by atoms with Gasteiger partial charge >= 0.3 is 0 Å². The predicted molar refractivity (Wildman–Crippen MR) is 103 cm³/mol. The molecule has 5 rings (SSSR count). The van der Waals surface area contributed by atoms with Crippen molar-refractivity contribution in [3.8, 4) is 0 Å². The molecule has 0 atom stereocenters. The highest BCUT2D eigenvalue weighted by Gasteiger charge is 2.25. The van der Waals surface area contributed by atoms with E-state index in [1.807, 2.05) is 18.5 Å². The first-order valence-electron chi connectivity index (χ1n) is 8.47. The Balaban J connectivity index is 1.54. The van der Waals surface area contributed by atoms with Crippen LogP contribution in [0.3, 0.4) is 0 Å². The lowest BCUT2D eigenvalue weighted by Gasteiger charge is -2.30. The Morgan fingerprint density at radius 1 is 1.04 bits per heavy atom. The second-order valence-corrected chi connectivity index (χ2v) is 7.18. The molecule has 0 unspecified atom stereocenters. The molecule has 0 saturated carbocycles. The maximum Gasteiger partial charge on any atom is 0.168 e. The summed E-state index contributed by atoms with van der Waals surface area (Å²) in [7, 11) is 1.69. The van der Waals surface area contributed by atoms with Crippen LogP contribution in [-0.2, 0) is 11.3 Å². The van der Waals surface area contributed by atoms with E-state index >= 15 is 0 Å². The van der Waals surface area contributed by atoms with Crippen molar-refractivity contribution in [2.45, 2.75) is 16.5 Å². The Morgan fingerprint density at radius 2 is 1.96 bits per heavy atom. The number of hydrogen-bond donors (Lipinski definition) is 0. The van der Waals surface area contributed by atoms with E-state index in [0.717, 1.165) is 38.2 Å². The third kappa shape index (κ3) is 2.83. The Labute approximate surface area is 160 Å². The first-order chi connectivity index (χ1) is 13.3. The highest BCUT2D eigenvalue weighted by molar-refractivity contribution is 7.99. The quantitative estimate of drug-likeness (QED) is 0.540. The first kappa shape index (κ1) is 16.2. The Morgan fingerprint density at radius 3 is 2.89 bits per heavy atom. The van der Waals surface area contributed by atoms with Crippen LogP contribution in [0.1, 0.15) is 5.56 Å². The highest BCUT2D eigenvalue weighted by Crippen LogP contribution is 2.46. The van der Waals surface area contributed by atoms with Crippen LogP contribution >= 0.6 is 11.8 Å². The van der Waals surface area contributed by atoms with E-state index in [-0.39, 0.29) is 0 Å². The molecule has 4 aromatic rings. The van der Waals surface area contributed by atoms with E-state index < -0.39 is 0 Å². The number of fused-ring (bicyclic) bond motifs is 3. The fourth-order valence-corrected chi connectivity index (χ4v) is 4.21. The number of hydrogen-bond acceptors (Lipinski definition) is 7. The van der Waals surface area contributed by atoms with Gasteiger partial charge in [0.05, 0.1) is 18.6 Å². The maximum absolute atomic E-state index is 5.42. The number of aromatic nitrogens is 5. The van der Waals surface area contributed by atoms with E-state index in [4.69, 9.17) is 4.74 Å². The predicted octanol–water partition coefficient (Wildman–Crippen LogP) is 3.48. The van der Waals surface area contributed by atoms with Crippen molar-refractivity contribution >= 4 is 34.4 Å². The van der Waals surface area contributed by atoms with Crippen LogP contribution < -0.4 is 4.90 Å². The van der Waals surface area contributed by atoms with Gasteiger partial charge in [0.15, 0.2) is 11.5 Å². The van der Waals surface area contributed by atoms with E-state index in [2.05, 4.69) is 47.6 Å². The van der Waals surface area contributed by atoms with E-state index in [9.17, 15) is 0 Å². The molecular weight excluding hydrogens is 360 g/mol. The van der Waals surface area contributed by atoms with Gasteiger partial charge in [0.25, 0.3) is 0 Å². The molecule has 0 amide bonds. The van der Waals surface area contributed by atoms with Gasteiger partial charge in [0, 0.05) is 30.6 Å². The van der Waals surface area contributed by atoms with Crippen LogP contribution in [0.15, 0.2) is 65.2 Å². The Hall–Kier alpha value is -2.97. The fraction of sp³-hybridized carbons (Fsp3) is 0.158. The summed E-state index contributed by atoms with van der Waals surface area (Å²) >= 11 is 1.63. The third-order valence-corrected chi connectivity index (χ3v) is 5.45. The van der Waals surface area contributed by atoms with Gasteiger partial charge in [-0.05, 0) is 29.8 Å². The lowest BCUT2D eigenvalue weighted by Crippen LogP contribution is -2.24. The van der Waals surface area contributed by atoms with Gasteiger partial charge in [-0.1, -0.05) is 17.8 Å². The molecule has 134 valence electrons. The lowest BCUT2D eigenvalue weighted by atomic mass is 10.2. The van der Waals surface area contributed by atoms with Crippen molar-refractivity contribution in [1.82, 2.24) is 24.5 Å². The van der Waals surface area contributed by atoms with Crippen LogP contribution in [0.5, 0.6) is 0 Å². The minimum absolute atomic E-state index is 0.415. The van der Waals surface area contributed by atoms with Crippen LogP contribution in [0.2, 0.25) is 0 Å². The number of rotatable bonds is 4. The van der Waals surface area contributed by atoms with E-state index in [1.165, 1.54) is 0 Å². The SMILES string of the molecule is COCN1c2cc(Cn3cnc4cccnc43)ccc2Sc2nccnc21. The van der Waals surface area contributed by atoms with Crippen molar-refractivity contribution in [2.24, 2.45) is 0 Å². The molecule has 0 aliphatic carbocycles. The Kier molecular flexibility index (Phi) is 3.99. The van der Waals surface area contributed by atoms with Gasteiger partial charge in [-0.3, -0.25) is 4.90 Å². The van der Waals surface area contributed by atoms with Gasteiger partial charge in [0.2, 0.25) is 0 Å². The van der Waals surface area contributed by atoms with Crippen LogP contribution in [0, 0.1) is 0 Å². The molecule has 4 heterocycles. The number of imidazole rings is 1. The van der Waals surface area contributed by atoms with Crippen molar-refractivity contribution in [2.75, 3.05) is 18.7 Å². The molecule has 0 N–H and O–H groups in total. The lowest BCUT2D eigenvalue weighted by molar-refractivity contribution is 0.204.